The Morgan fingerprint density at radius 1 is 1.33 bits per heavy atom. The lowest BCUT2D eigenvalue weighted by Gasteiger charge is -2.17. The number of nitro groups is 1. The summed E-state index contributed by atoms with van der Waals surface area (Å²) in [4.78, 5) is 31.3. The summed E-state index contributed by atoms with van der Waals surface area (Å²) in [6.07, 6.45) is 3.99. The van der Waals surface area contributed by atoms with E-state index in [0.29, 0.717) is 11.7 Å². The second-order valence-electron chi connectivity index (χ2n) is 6.04. The highest BCUT2D eigenvalue weighted by atomic mass is 16.6. The maximum absolute atomic E-state index is 12.3. The van der Waals surface area contributed by atoms with Crippen molar-refractivity contribution in [3.05, 3.63) is 63.7 Å². The Balaban J connectivity index is 1.67. The van der Waals surface area contributed by atoms with Crippen molar-refractivity contribution in [1.29, 1.82) is 0 Å². The minimum atomic E-state index is -0.456. The summed E-state index contributed by atoms with van der Waals surface area (Å²) in [5, 5.41) is 13.7. The number of nitrogens with one attached hydrogen (secondary N) is 1. The first-order chi connectivity index (χ1) is 11.5. The molecule has 0 bridgehead atoms. The normalized spacial score (nSPS) is 14.9. The number of carbonyl (C=O) groups is 1. The number of nitro benzene ring substituents is 1. The molecule has 0 saturated heterocycles. The molecule has 1 heterocycles. The van der Waals surface area contributed by atoms with E-state index in [-0.39, 0.29) is 24.1 Å². The molecule has 1 N–H and O–H groups in total. The smallest absolute Gasteiger partial charge is 0.269 e. The largest absolute Gasteiger partial charge is 0.346 e. The summed E-state index contributed by atoms with van der Waals surface area (Å²) in [5.41, 5.74) is 1.62. The first kappa shape index (κ1) is 16.0. The topological polar surface area (TPSA) is 98.0 Å². The molecular weight excluding hydrogens is 308 g/mol. The molecular formula is C17H18N4O3. The minimum absolute atomic E-state index is 0.0168. The van der Waals surface area contributed by atoms with E-state index in [0.717, 1.165) is 24.1 Å². The third-order valence-corrected chi connectivity index (χ3v) is 4.01. The molecule has 1 aromatic carbocycles. The molecule has 7 heteroatoms. The summed E-state index contributed by atoms with van der Waals surface area (Å²) >= 11 is 0. The van der Waals surface area contributed by atoms with Crippen LogP contribution in [0, 0.1) is 23.0 Å². The minimum Gasteiger partial charge on any atom is -0.346 e. The van der Waals surface area contributed by atoms with Crippen LogP contribution in [-0.4, -0.2) is 20.8 Å². The third-order valence-electron chi connectivity index (χ3n) is 4.01. The van der Waals surface area contributed by atoms with Crippen LogP contribution in [0.3, 0.4) is 0 Å². The monoisotopic (exact) mass is 326 g/mol. The Kier molecular flexibility index (Phi) is 4.50. The number of amides is 1. The average molecular weight is 326 g/mol. The molecule has 0 spiro atoms. The number of benzene rings is 1. The number of aryl methyl sites for hydroxylation is 1. The summed E-state index contributed by atoms with van der Waals surface area (Å²) in [5.74, 6) is 0.896. The Labute approximate surface area is 139 Å². The predicted molar refractivity (Wildman–Crippen MR) is 87.2 cm³/mol. The van der Waals surface area contributed by atoms with E-state index in [1.807, 2.05) is 13.0 Å². The molecule has 7 nitrogen and oxygen atoms in total. The second-order valence-corrected chi connectivity index (χ2v) is 6.04. The highest BCUT2D eigenvalue weighted by molar-refractivity contribution is 5.79. The van der Waals surface area contributed by atoms with Gasteiger partial charge in [-0.15, -0.1) is 0 Å². The highest BCUT2D eigenvalue weighted by Gasteiger charge is 2.35. The molecule has 1 fully saturated rings. The van der Waals surface area contributed by atoms with Gasteiger partial charge in [-0.25, -0.2) is 9.97 Å². The maximum atomic E-state index is 12.3. The van der Waals surface area contributed by atoms with Crippen LogP contribution in [0.25, 0.3) is 0 Å². The van der Waals surface area contributed by atoms with Gasteiger partial charge in [-0.3, -0.25) is 14.9 Å². The van der Waals surface area contributed by atoms with Crippen molar-refractivity contribution in [3.63, 3.8) is 0 Å². The fraction of sp³-hybridized carbons (Fsp3) is 0.353. The average Bonchev–Trinajstić information content (AvgIpc) is 3.38. The van der Waals surface area contributed by atoms with Crippen molar-refractivity contribution >= 4 is 11.6 Å². The number of nitrogens with zero attached hydrogens (tertiary/aromatic N) is 3. The Morgan fingerprint density at radius 2 is 2.04 bits per heavy atom. The van der Waals surface area contributed by atoms with E-state index >= 15 is 0 Å². The molecule has 3 rings (SSSR count). The quantitative estimate of drug-likeness (QED) is 0.649. The predicted octanol–water partition coefficient (Wildman–Crippen LogP) is 2.50. The lowest BCUT2D eigenvalue weighted by molar-refractivity contribution is -0.384. The van der Waals surface area contributed by atoms with Gasteiger partial charge in [-0.05, 0) is 37.3 Å². The Bertz CT molecular complexity index is 757. The molecule has 1 aliphatic rings. The van der Waals surface area contributed by atoms with Gasteiger partial charge in [-0.1, -0.05) is 12.1 Å². The first-order valence-electron chi connectivity index (χ1n) is 7.85. The van der Waals surface area contributed by atoms with Crippen LogP contribution in [-0.2, 0) is 11.2 Å². The SMILES string of the molecule is Cc1ccnc([C@H](NC(=O)Cc2ccc([N+](=O)[O-])cc2)C2CC2)n1. The summed E-state index contributed by atoms with van der Waals surface area (Å²) in [6.45, 7) is 1.90. The van der Waals surface area contributed by atoms with Crippen LogP contribution in [0.5, 0.6) is 0 Å². The summed E-state index contributed by atoms with van der Waals surface area (Å²) in [7, 11) is 0. The highest BCUT2D eigenvalue weighted by Crippen LogP contribution is 2.39. The Morgan fingerprint density at radius 3 is 2.62 bits per heavy atom. The maximum Gasteiger partial charge on any atom is 0.269 e. The van der Waals surface area contributed by atoms with Gasteiger partial charge in [0.25, 0.3) is 5.69 Å². The van der Waals surface area contributed by atoms with Gasteiger partial charge in [0.1, 0.15) is 0 Å². The van der Waals surface area contributed by atoms with Crippen LogP contribution >= 0.6 is 0 Å². The fourth-order valence-electron chi connectivity index (χ4n) is 2.59. The number of hydrogen-bond acceptors (Lipinski definition) is 5. The van der Waals surface area contributed by atoms with Crippen molar-refractivity contribution < 1.29 is 9.72 Å². The van der Waals surface area contributed by atoms with Gasteiger partial charge in [0.15, 0.2) is 5.82 Å². The van der Waals surface area contributed by atoms with Crippen LogP contribution in [0.2, 0.25) is 0 Å². The molecule has 24 heavy (non-hydrogen) atoms. The van der Waals surface area contributed by atoms with Crippen molar-refractivity contribution in [2.75, 3.05) is 0 Å². The molecule has 0 unspecified atom stereocenters. The van der Waals surface area contributed by atoms with E-state index in [9.17, 15) is 14.9 Å². The second kappa shape index (κ2) is 6.74. The van der Waals surface area contributed by atoms with Crippen LogP contribution in [0.4, 0.5) is 5.69 Å². The van der Waals surface area contributed by atoms with Crippen molar-refractivity contribution in [3.8, 4) is 0 Å². The molecule has 0 aliphatic heterocycles. The fourth-order valence-corrected chi connectivity index (χ4v) is 2.59. The standard InChI is InChI=1S/C17H18N4O3/c1-11-8-9-18-17(19-11)16(13-4-5-13)20-15(22)10-12-2-6-14(7-3-12)21(23)24/h2-3,6-9,13,16H,4-5,10H2,1H3,(H,20,22)/t16-/m1/s1. The van der Waals surface area contributed by atoms with Crippen molar-refractivity contribution in [2.45, 2.75) is 32.2 Å². The van der Waals surface area contributed by atoms with Crippen molar-refractivity contribution in [1.82, 2.24) is 15.3 Å². The number of hydrogen-bond donors (Lipinski definition) is 1. The molecule has 1 aromatic heterocycles. The van der Waals surface area contributed by atoms with Gasteiger partial charge < -0.3 is 5.32 Å². The molecule has 1 atom stereocenters. The van der Waals surface area contributed by atoms with Gasteiger partial charge in [0, 0.05) is 24.0 Å². The van der Waals surface area contributed by atoms with Crippen molar-refractivity contribution in [2.24, 2.45) is 5.92 Å². The van der Waals surface area contributed by atoms with Crippen LogP contribution in [0.15, 0.2) is 36.5 Å². The van der Waals surface area contributed by atoms with E-state index < -0.39 is 4.92 Å². The first-order valence-corrected chi connectivity index (χ1v) is 7.85. The zero-order valence-corrected chi connectivity index (χ0v) is 13.3. The summed E-state index contributed by atoms with van der Waals surface area (Å²) in [6, 6.07) is 7.68. The van der Waals surface area contributed by atoms with Crippen LogP contribution < -0.4 is 5.32 Å². The van der Waals surface area contributed by atoms with E-state index in [4.69, 9.17) is 0 Å². The van der Waals surface area contributed by atoms with E-state index in [1.165, 1.54) is 12.1 Å². The zero-order valence-electron chi connectivity index (χ0n) is 13.3. The molecule has 1 saturated carbocycles. The number of aromatic nitrogens is 2. The van der Waals surface area contributed by atoms with Crippen LogP contribution in [0.1, 0.15) is 36.0 Å². The van der Waals surface area contributed by atoms with Gasteiger partial charge >= 0.3 is 0 Å². The molecule has 0 radical (unpaired) electrons. The zero-order chi connectivity index (χ0) is 17.1. The lowest BCUT2D eigenvalue weighted by atomic mass is 10.1. The molecule has 1 aliphatic carbocycles. The van der Waals surface area contributed by atoms with Gasteiger partial charge in [0.2, 0.25) is 5.91 Å². The third kappa shape index (κ3) is 3.92. The molecule has 124 valence electrons. The summed E-state index contributed by atoms with van der Waals surface area (Å²) < 4.78 is 0. The molecule has 1 amide bonds. The lowest BCUT2D eigenvalue weighted by Crippen LogP contribution is -2.32. The molecule has 2 aromatic rings. The van der Waals surface area contributed by atoms with E-state index in [1.54, 1.807) is 18.3 Å². The number of non-ortho nitro benzene ring substituents is 1. The Hall–Kier alpha value is -2.83. The van der Waals surface area contributed by atoms with Gasteiger partial charge in [-0.2, -0.15) is 0 Å². The number of carbonyl (C=O) groups excluding carboxylic acids is 1. The number of rotatable bonds is 6. The van der Waals surface area contributed by atoms with Gasteiger partial charge in [0.05, 0.1) is 17.4 Å². The van der Waals surface area contributed by atoms with E-state index in [2.05, 4.69) is 15.3 Å².